The summed E-state index contributed by atoms with van der Waals surface area (Å²) < 4.78 is 8.12. The van der Waals surface area contributed by atoms with Crippen LogP contribution in [0.1, 0.15) is 69.1 Å². The minimum Gasteiger partial charge on any atom is -0.382 e. The first kappa shape index (κ1) is 24.5. The van der Waals surface area contributed by atoms with E-state index in [4.69, 9.17) is 10.5 Å². The summed E-state index contributed by atoms with van der Waals surface area (Å²) in [6.45, 7) is 2.17. The number of nitrogen functional groups attached to an aromatic ring is 1. The molecule has 3 heterocycles. The van der Waals surface area contributed by atoms with Crippen LogP contribution < -0.4 is 21.7 Å². The molecular weight excluding hydrogens is 456 g/mol. The molecule has 3 aromatic rings. The Morgan fingerprint density at radius 2 is 1.86 bits per heavy atom. The maximum atomic E-state index is 12.2. The Morgan fingerprint density at radius 1 is 1.03 bits per heavy atom. The minimum absolute atomic E-state index is 0.0989. The summed E-state index contributed by atoms with van der Waals surface area (Å²) >= 11 is 0. The van der Waals surface area contributed by atoms with E-state index in [1.165, 1.54) is 44.0 Å². The van der Waals surface area contributed by atoms with Crippen LogP contribution in [0.25, 0.3) is 11.2 Å². The number of hydrogen-bond acceptors (Lipinski definition) is 7. The van der Waals surface area contributed by atoms with Crippen LogP contribution in [0.2, 0.25) is 0 Å². The lowest BCUT2D eigenvalue weighted by atomic mass is 9.84. The van der Waals surface area contributed by atoms with Gasteiger partial charge in [-0.25, -0.2) is 19.7 Å². The van der Waals surface area contributed by atoms with Crippen LogP contribution in [0, 0.1) is 0 Å². The van der Waals surface area contributed by atoms with Gasteiger partial charge >= 0.3 is 6.03 Å². The van der Waals surface area contributed by atoms with E-state index < -0.39 is 0 Å². The molecule has 10 heteroatoms. The number of rotatable bonds is 9. The molecule has 192 valence electrons. The fourth-order valence-electron chi connectivity index (χ4n) is 5.25. The van der Waals surface area contributed by atoms with E-state index in [2.05, 4.69) is 43.0 Å². The summed E-state index contributed by atoms with van der Waals surface area (Å²) in [6.07, 6.45) is 12.5. The summed E-state index contributed by atoms with van der Waals surface area (Å²) in [5.74, 6) is 1.05. The molecule has 2 aliphatic rings. The number of benzene rings is 1. The van der Waals surface area contributed by atoms with Gasteiger partial charge in [0.15, 0.2) is 11.5 Å². The SMILES string of the molecule is Nc1ncnc2c1ncn2C1CCC(CNCCCNC(=O)Nc2ccc(C3CCCCC3)cc2)O1. The van der Waals surface area contributed by atoms with Gasteiger partial charge < -0.3 is 26.4 Å². The van der Waals surface area contributed by atoms with Crippen LogP contribution in [0.3, 0.4) is 0 Å². The monoisotopic (exact) mass is 492 g/mol. The number of nitrogens with one attached hydrogen (secondary N) is 3. The van der Waals surface area contributed by atoms with Gasteiger partial charge in [-0.05, 0) is 62.3 Å². The highest BCUT2D eigenvalue weighted by atomic mass is 16.5. The lowest BCUT2D eigenvalue weighted by Crippen LogP contribution is -2.33. The summed E-state index contributed by atoms with van der Waals surface area (Å²) in [7, 11) is 0. The fraction of sp³-hybridized carbons (Fsp3) is 0.538. The van der Waals surface area contributed by atoms with E-state index in [-0.39, 0.29) is 18.4 Å². The molecule has 5 rings (SSSR count). The number of carbonyl (C=O) groups excluding carboxylic acids is 1. The topological polar surface area (TPSA) is 132 Å². The van der Waals surface area contributed by atoms with E-state index >= 15 is 0 Å². The molecule has 2 amide bonds. The third-order valence-corrected chi connectivity index (χ3v) is 7.22. The summed E-state index contributed by atoms with van der Waals surface area (Å²) in [5.41, 5.74) is 9.41. The van der Waals surface area contributed by atoms with Crippen LogP contribution in [0.4, 0.5) is 16.3 Å². The molecule has 1 aliphatic carbocycles. The van der Waals surface area contributed by atoms with Crippen molar-refractivity contribution in [3.8, 4) is 0 Å². The minimum atomic E-state index is -0.167. The number of carbonyl (C=O) groups is 1. The summed E-state index contributed by atoms with van der Waals surface area (Å²) in [4.78, 5) is 24.8. The lowest BCUT2D eigenvalue weighted by molar-refractivity contribution is 0.00501. The molecule has 10 nitrogen and oxygen atoms in total. The van der Waals surface area contributed by atoms with Crippen molar-refractivity contribution in [1.29, 1.82) is 0 Å². The molecule has 2 fully saturated rings. The smallest absolute Gasteiger partial charge is 0.319 e. The standard InChI is InChI=1S/C26H36N8O2/c27-24-23-25(31-16-30-24)34(17-32-23)22-12-11-21(36-22)15-28-13-4-14-29-26(35)33-20-9-7-19(8-10-20)18-5-2-1-3-6-18/h7-10,16-18,21-22,28H,1-6,11-15H2,(H2,27,30,31)(H2,29,33,35). The second-order valence-corrected chi connectivity index (χ2v) is 9.77. The summed E-state index contributed by atoms with van der Waals surface area (Å²) in [6, 6.07) is 8.16. The van der Waals surface area contributed by atoms with E-state index in [1.54, 1.807) is 6.33 Å². The van der Waals surface area contributed by atoms with Crippen molar-refractivity contribution < 1.29 is 9.53 Å². The quantitative estimate of drug-likeness (QED) is 0.333. The molecule has 36 heavy (non-hydrogen) atoms. The van der Waals surface area contributed by atoms with Gasteiger partial charge in [0.1, 0.15) is 18.1 Å². The van der Waals surface area contributed by atoms with Gasteiger partial charge in [-0.2, -0.15) is 0 Å². The van der Waals surface area contributed by atoms with Crippen molar-refractivity contribution >= 4 is 28.7 Å². The molecule has 0 radical (unpaired) electrons. The number of urea groups is 1. The third kappa shape index (κ3) is 5.93. The van der Waals surface area contributed by atoms with Crippen LogP contribution in [-0.4, -0.2) is 51.3 Å². The zero-order chi connectivity index (χ0) is 24.7. The Balaban J connectivity index is 0.960. The van der Waals surface area contributed by atoms with Crippen molar-refractivity contribution in [3.05, 3.63) is 42.5 Å². The Kier molecular flexibility index (Phi) is 7.92. The van der Waals surface area contributed by atoms with Crippen molar-refractivity contribution in [1.82, 2.24) is 30.2 Å². The molecule has 1 saturated carbocycles. The molecule has 1 aliphatic heterocycles. The molecule has 2 atom stereocenters. The molecular formula is C26H36N8O2. The van der Waals surface area contributed by atoms with Gasteiger partial charge in [-0.15, -0.1) is 0 Å². The fourth-order valence-corrected chi connectivity index (χ4v) is 5.25. The first-order valence-corrected chi connectivity index (χ1v) is 13.1. The van der Waals surface area contributed by atoms with Gasteiger partial charge in [0, 0.05) is 18.8 Å². The van der Waals surface area contributed by atoms with Gasteiger partial charge in [-0.3, -0.25) is 4.57 Å². The van der Waals surface area contributed by atoms with Crippen molar-refractivity contribution in [3.63, 3.8) is 0 Å². The average molecular weight is 493 g/mol. The number of amides is 2. The first-order valence-electron chi connectivity index (χ1n) is 13.1. The Hall–Kier alpha value is -3.24. The number of nitrogens with zero attached hydrogens (tertiary/aromatic N) is 4. The number of hydrogen-bond donors (Lipinski definition) is 4. The largest absolute Gasteiger partial charge is 0.382 e. The normalized spacial score (nSPS) is 20.6. The predicted molar refractivity (Wildman–Crippen MR) is 140 cm³/mol. The maximum absolute atomic E-state index is 12.2. The highest BCUT2D eigenvalue weighted by Gasteiger charge is 2.28. The molecule has 1 aromatic carbocycles. The van der Waals surface area contributed by atoms with E-state index in [0.717, 1.165) is 38.0 Å². The van der Waals surface area contributed by atoms with Gasteiger partial charge in [0.2, 0.25) is 0 Å². The number of imidazole rings is 1. The molecule has 2 aromatic heterocycles. The second kappa shape index (κ2) is 11.7. The Labute approximate surface area is 211 Å². The van der Waals surface area contributed by atoms with Crippen molar-refractivity contribution in [2.75, 3.05) is 30.7 Å². The number of aromatic nitrogens is 4. The number of anilines is 2. The maximum Gasteiger partial charge on any atom is 0.319 e. The van der Waals surface area contributed by atoms with Crippen molar-refractivity contribution in [2.24, 2.45) is 0 Å². The highest BCUT2D eigenvalue weighted by molar-refractivity contribution is 5.89. The number of nitrogens with two attached hydrogens (primary N) is 1. The number of fused-ring (bicyclic) bond motifs is 1. The van der Waals surface area contributed by atoms with E-state index in [9.17, 15) is 4.79 Å². The third-order valence-electron chi connectivity index (χ3n) is 7.22. The van der Waals surface area contributed by atoms with Gasteiger partial charge in [-0.1, -0.05) is 31.4 Å². The first-order chi connectivity index (χ1) is 17.7. The molecule has 2 unspecified atom stereocenters. The average Bonchev–Trinajstić information content (AvgIpc) is 3.55. The van der Waals surface area contributed by atoms with Crippen molar-refractivity contribution in [2.45, 2.75) is 69.6 Å². The second-order valence-electron chi connectivity index (χ2n) is 9.77. The molecule has 5 N–H and O–H groups in total. The lowest BCUT2D eigenvalue weighted by Gasteiger charge is -2.22. The zero-order valence-electron chi connectivity index (χ0n) is 20.7. The van der Waals surface area contributed by atoms with E-state index in [0.29, 0.717) is 29.4 Å². The highest BCUT2D eigenvalue weighted by Crippen LogP contribution is 2.33. The van der Waals surface area contributed by atoms with Crippen LogP contribution >= 0.6 is 0 Å². The van der Waals surface area contributed by atoms with Crippen LogP contribution in [-0.2, 0) is 4.74 Å². The van der Waals surface area contributed by atoms with Crippen LogP contribution in [0.5, 0.6) is 0 Å². The molecule has 0 spiro atoms. The summed E-state index contributed by atoms with van der Waals surface area (Å²) in [5, 5.41) is 9.29. The van der Waals surface area contributed by atoms with Crippen LogP contribution in [0.15, 0.2) is 36.9 Å². The Bertz CT molecular complexity index is 1140. The molecule has 1 saturated heterocycles. The van der Waals surface area contributed by atoms with Gasteiger partial charge in [0.25, 0.3) is 0 Å². The van der Waals surface area contributed by atoms with Gasteiger partial charge in [0.05, 0.1) is 12.4 Å². The Morgan fingerprint density at radius 3 is 2.69 bits per heavy atom. The zero-order valence-corrected chi connectivity index (χ0v) is 20.7. The molecule has 0 bridgehead atoms. The predicted octanol–water partition coefficient (Wildman–Crippen LogP) is 3.94. The number of ether oxygens (including phenoxy) is 1. The van der Waals surface area contributed by atoms with E-state index in [1.807, 2.05) is 16.7 Å².